The van der Waals surface area contributed by atoms with E-state index < -0.39 is 0 Å². The SMILES string of the molecule is O=C1CCc2cc(NCc3cccc(F)c3)ccc2N1. The van der Waals surface area contributed by atoms with Gasteiger partial charge in [0.2, 0.25) is 5.91 Å². The summed E-state index contributed by atoms with van der Waals surface area (Å²) in [5, 5.41) is 6.12. The maximum atomic E-state index is 13.1. The first-order chi connectivity index (χ1) is 9.70. The van der Waals surface area contributed by atoms with Crippen LogP contribution in [0.25, 0.3) is 0 Å². The third-order valence-electron chi connectivity index (χ3n) is 3.39. The van der Waals surface area contributed by atoms with E-state index in [1.165, 1.54) is 12.1 Å². The van der Waals surface area contributed by atoms with Gasteiger partial charge in [-0.2, -0.15) is 0 Å². The molecule has 1 amide bonds. The van der Waals surface area contributed by atoms with Crippen LogP contribution in [0.5, 0.6) is 0 Å². The highest BCUT2D eigenvalue weighted by Gasteiger charge is 2.14. The van der Waals surface area contributed by atoms with Crippen molar-refractivity contribution in [1.82, 2.24) is 0 Å². The van der Waals surface area contributed by atoms with E-state index in [9.17, 15) is 9.18 Å². The maximum absolute atomic E-state index is 13.1. The number of fused-ring (bicyclic) bond motifs is 1. The van der Waals surface area contributed by atoms with Gasteiger partial charge in [0.15, 0.2) is 0 Å². The Morgan fingerprint density at radius 3 is 2.90 bits per heavy atom. The molecule has 0 saturated carbocycles. The number of nitrogens with one attached hydrogen (secondary N) is 2. The Balaban J connectivity index is 1.71. The van der Waals surface area contributed by atoms with Crippen molar-refractivity contribution in [2.75, 3.05) is 10.6 Å². The normalized spacial score (nSPS) is 13.6. The van der Waals surface area contributed by atoms with Crippen molar-refractivity contribution < 1.29 is 9.18 Å². The molecule has 4 heteroatoms. The van der Waals surface area contributed by atoms with E-state index in [0.717, 1.165) is 28.9 Å². The van der Waals surface area contributed by atoms with Crippen LogP contribution in [-0.2, 0) is 17.8 Å². The van der Waals surface area contributed by atoms with E-state index >= 15 is 0 Å². The molecule has 0 aliphatic carbocycles. The number of aryl methyl sites for hydroxylation is 1. The van der Waals surface area contributed by atoms with E-state index in [2.05, 4.69) is 10.6 Å². The predicted octanol–water partition coefficient (Wildman–Crippen LogP) is 3.32. The van der Waals surface area contributed by atoms with Crippen molar-refractivity contribution in [3.63, 3.8) is 0 Å². The van der Waals surface area contributed by atoms with Crippen LogP contribution in [0.15, 0.2) is 42.5 Å². The quantitative estimate of drug-likeness (QED) is 0.898. The first-order valence-corrected chi connectivity index (χ1v) is 6.62. The molecule has 3 nitrogen and oxygen atoms in total. The molecule has 2 N–H and O–H groups in total. The third kappa shape index (κ3) is 2.79. The second-order valence-corrected chi connectivity index (χ2v) is 4.90. The lowest BCUT2D eigenvalue weighted by atomic mass is 10.0. The molecule has 0 fully saturated rings. The van der Waals surface area contributed by atoms with Gasteiger partial charge >= 0.3 is 0 Å². The molecule has 0 bridgehead atoms. The molecule has 1 aliphatic rings. The summed E-state index contributed by atoms with van der Waals surface area (Å²) in [5.41, 5.74) is 3.89. The van der Waals surface area contributed by atoms with Crippen LogP contribution in [-0.4, -0.2) is 5.91 Å². The summed E-state index contributed by atoms with van der Waals surface area (Å²) in [4.78, 5) is 11.3. The van der Waals surface area contributed by atoms with E-state index in [1.54, 1.807) is 6.07 Å². The Morgan fingerprint density at radius 1 is 1.15 bits per heavy atom. The standard InChI is InChI=1S/C16H15FN2O/c17-13-3-1-2-11(8-13)10-18-14-5-6-15-12(9-14)4-7-16(20)19-15/h1-3,5-6,8-9,18H,4,7,10H2,(H,19,20). The Bertz CT molecular complexity index is 655. The third-order valence-corrected chi connectivity index (χ3v) is 3.39. The molecular formula is C16H15FN2O. The molecule has 2 aromatic carbocycles. The van der Waals surface area contributed by atoms with E-state index in [-0.39, 0.29) is 11.7 Å². The first kappa shape index (κ1) is 12.7. The zero-order valence-corrected chi connectivity index (χ0v) is 10.9. The fourth-order valence-corrected chi connectivity index (χ4v) is 2.34. The van der Waals surface area contributed by atoms with Crippen LogP contribution < -0.4 is 10.6 Å². The summed E-state index contributed by atoms with van der Waals surface area (Å²) >= 11 is 0. The van der Waals surface area contributed by atoms with Crippen molar-refractivity contribution >= 4 is 17.3 Å². The highest BCUT2D eigenvalue weighted by atomic mass is 19.1. The van der Waals surface area contributed by atoms with Gasteiger partial charge in [0.05, 0.1) is 0 Å². The van der Waals surface area contributed by atoms with Crippen LogP contribution in [0.4, 0.5) is 15.8 Å². The fourth-order valence-electron chi connectivity index (χ4n) is 2.34. The predicted molar refractivity (Wildman–Crippen MR) is 77.1 cm³/mol. The molecule has 0 radical (unpaired) electrons. The van der Waals surface area contributed by atoms with Gasteiger partial charge in [-0.05, 0) is 47.9 Å². The molecule has 0 atom stereocenters. The average molecular weight is 270 g/mol. The fraction of sp³-hybridized carbons (Fsp3) is 0.188. The molecule has 20 heavy (non-hydrogen) atoms. The lowest BCUT2D eigenvalue weighted by Crippen LogP contribution is -2.18. The molecule has 1 heterocycles. The van der Waals surface area contributed by atoms with Crippen molar-refractivity contribution in [3.05, 3.63) is 59.4 Å². The van der Waals surface area contributed by atoms with Gasteiger partial charge < -0.3 is 10.6 Å². The van der Waals surface area contributed by atoms with Crippen LogP contribution in [0, 0.1) is 5.82 Å². The van der Waals surface area contributed by atoms with Gasteiger partial charge in [0, 0.05) is 24.3 Å². The summed E-state index contributed by atoms with van der Waals surface area (Å²) in [6, 6.07) is 12.4. The number of rotatable bonds is 3. The average Bonchev–Trinajstić information content (AvgIpc) is 2.45. The number of amides is 1. The molecular weight excluding hydrogens is 255 g/mol. The molecule has 102 valence electrons. The first-order valence-electron chi connectivity index (χ1n) is 6.62. The Kier molecular flexibility index (Phi) is 3.37. The Labute approximate surface area is 116 Å². The van der Waals surface area contributed by atoms with Gasteiger partial charge in [-0.1, -0.05) is 12.1 Å². The van der Waals surface area contributed by atoms with Crippen molar-refractivity contribution in [3.8, 4) is 0 Å². The minimum Gasteiger partial charge on any atom is -0.381 e. The number of halogens is 1. The topological polar surface area (TPSA) is 41.1 Å². The summed E-state index contributed by atoms with van der Waals surface area (Å²) < 4.78 is 13.1. The van der Waals surface area contributed by atoms with E-state index in [0.29, 0.717) is 13.0 Å². The lowest BCUT2D eigenvalue weighted by molar-refractivity contribution is -0.116. The summed E-state index contributed by atoms with van der Waals surface area (Å²) in [5.74, 6) is -0.157. The van der Waals surface area contributed by atoms with Gasteiger partial charge in [-0.3, -0.25) is 4.79 Å². The molecule has 2 aromatic rings. The lowest BCUT2D eigenvalue weighted by Gasteiger charge is -2.18. The van der Waals surface area contributed by atoms with Gasteiger partial charge in [-0.25, -0.2) is 4.39 Å². The Morgan fingerprint density at radius 2 is 2.05 bits per heavy atom. The summed E-state index contributed by atoms with van der Waals surface area (Å²) in [7, 11) is 0. The van der Waals surface area contributed by atoms with Gasteiger partial charge in [0.25, 0.3) is 0 Å². The van der Waals surface area contributed by atoms with Crippen molar-refractivity contribution in [1.29, 1.82) is 0 Å². The number of benzene rings is 2. The zero-order valence-electron chi connectivity index (χ0n) is 10.9. The molecule has 0 saturated heterocycles. The zero-order chi connectivity index (χ0) is 13.9. The van der Waals surface area contributed by atoms with Gasteiger partial charge in [-0.15, -0.1) is 0 Å². The molecule has 0 aromatic heterocycles. The minimum atomic E-state index is -0.225. The minimum absolute atomic E-state index is 0.0676. The maximum Gasteiger partial charge on any atom is 0.224 e. The smallest absolute Gasteiger partial charge is 0.224 e. The molecule has 3 rings (SSSR count). The van der Waals surface area contributed by atoms with Crippen LogP contribution in [0.1, 0.15) is 17.5 Å². The number of hydrogen-bond donors (Lipinski definition) is 2. The van der Waals surface area contributed by atoms with Crippen molar-refractivity contribution in [2.24, 2.45) is 0 Å². The number of carbonyl (C=O) groups is 1. The summed E-state index contributed by atoms with van der Waals surface area (Å²) in [6.07, 6.45) is 1.29. The summed E-state index contributed by atoms with van der Waals surface area (Å²) in [6.45, 7) is 0.572. The Hall–Kier alpha value is -2.36. The second-order valence-electron chi connectivity index (χ2n) is 4.90. The number of hydrogen-bond acceptors (Lipinski definition) is 2. The van der Waals surface area contributed by atoms with Gasteiger partial charge in [0.1, 0.15) is 5.82 Å². The van der Waals surface area contributed by atoms with E-state index in [4.69, 9.17) is 0 Å². The molecule has 1 aliphatic heterocycles. The van der Waals surface area contributed by atoms with Crippen LogP contribution >= 0.6 is 0 Å². The molecule has 0 unspecified atom stereocenters. The second kappa shape index (κ2) is 5.33. The monoisotopic (exact) mass is 270 g/mol. The van der Waals surface area contributed by atoms with E-state index in [1.807, 2.05) is 24.3 Å². The van der Waals surface area contributed by atoms with Crippen molar-refractivity contribution in [2.45, 2.75) is 19.4 Å². The van der Waals surface area contributed by atoms with Crippen LogP contribution in [0.3, 0.4) is 0 Å². The number of carbonyl (C=O) groups excluding carboxylic acids is 1. The number of anilines is 2. The largest absolute Gasteiger partial charge is 0.381 e. The molecule has 0 spiro atoms. The highest BCUT2D eigenvalue weighted by Crippen LogP contribution is 2.25. The highest BCUT2D eigenvalue weighted by molar-refractivity contribution is 5.94. The van der Waals surface area contributed by atoms with Crippen LogP contribution in [0.2, 0.25) is 0 Å².